The Morgan fingerprint density at radius 2 is 2.15 bits per heavy atom. The van der Waals surface area contributed by atoms with Gasteiger partial charge < -0.3 is 9.73 Å². The van der Waals surface area contributed by atoms with Crippen molar-refractivity contribution in [2.24, 2.45) is 0 Å². The second-order valence-electron chi connectivity index (χ2n) is 4.33. The van der Waals surface area contributed by atoms with Crippen LogP contribution in [0.1, 0.15) is 25.7 Å². The fourth-order valence-electron chi connectivity index (χ4n) is 1.67. The average Bonchev–Trinajstić information content (AvgIpc) is 2.92. The summed E-state index contributed by atoms with van der Waals surface area (Å²) in [6.45, 7) is 2.70. The molecule has 0 saturated carbocycles. The van der Waals surface area contributed by atoms with Crippen LogP contribution in [0, 0.1) is 0 Å². The van der Waals surface area contributed by atoms with Gasteiger partial charge in [0.1, 0.15) is 0 Å². The Bertz CT molecular complexity index is 583. The Morgan fingerprint density at radius 1 is 1.35 bits per heavy atom. The summed E-state index contributed by atoms with van der Waals surface area (Å²) in [7, 11) is 0. The number of rotatable bonds is 6. The SMILES string of the molecule is CCCNC(=O)CCc1nnc(-c2ccccc2Cl)o1. The molecule has 2 rings (SSSR count). The van der Waals surface area contributed by atoms with Gasteiger partial charge in [-0.2, -0.15) is 0 Å². The maximum absolute atomic E-state index is 11.5. The van der Waals surface area contributed by atoms with E-state index in [0.29, 0.717) is 41.8 Å². The van der Waals surface area contributed by atoms with Gasteiger partial charge >= 0.3 is 0 Å². The first-order valence-electron chi connectivity index (χ1n) is 6.54. The third-order valence-corrected chi connectivity index (χ3v) is 3.04. The largest absolute Gasteiger partial charge is 0.421 e. The average molecular weight is 294 g/mol. The molecule has 1 aromatic carbocycles. The molecule has 0 unspecified atom stereocenters. The lowest BCUT2D eigenvalue weighted by Crippen LogP contribution is -2.24. The fourth-order valence-corrected chi connectivity index (χ4v) is 1.89. The molecule has 5 nitrogen and oxygen atoms in total. The molecule has 1 N–H and O–H groups in total. The summed E-state index contributed by atoms with van der Waals surface area (Å²) in [4.78, 5) is 11.5. The number of carbonyl (C=O) groups is 1. The van der Waals surface area contributed by atoms with Crippen molar-refractivity contribution in [3.63, 3.8) is 0 Å². The number of benzene rings is 1. The van der Waals surface area contributed by atoms with Gasteiger partial charge in [0.05, 0.1) is 10.6 Å². The topological polar surface area (TPSA) is 68.0 Å². The van der Waals surface area contributed by atoms with Crippen molar-refractivity contribution >= 4 is 17.5 Å². The van der Waals surface area contributed by atoms with Crippen LogP contribution in [0.25, 0.3) is 11.5 Å². The molecule has 106 valence electrons. The van der Waals surface area contributed by atoms with Gasteiger partial charge in [-0.05, 0) is 18.6 Å². The lowest BCUT2D eigenvalue weighted by Gasteiger charge is -2.00. The number of halogens is 1. The van der Waals surface area contributed by atoms with E-state index >= 15 is 0 Å². The van der Waals surface area contributed by atoms with Crippen molar-refractivity contribution in [3.05, 3.63) is 35.2 Å². The number of amides is 1. The highest BCUT2D eigenvalue weighted by atomic mass is 35.5. The quantitative estimate of drug-likeness (QED) is 0.889. The number of aryl methyl sites for hydroxylation is 1. The van der Waals surface area contributed by atoms with E-state index < -0.39 is 0 Å². The van der Waals surface area contributed by atoms with Crippen LogP contribution >= 0.6 is 11.6 Å². The predicted octanol–water partition coefficient (Wildman–Crippen LogP) is 2.85. The van der Waals surface area contributed by atoms with E-state index in [9.17, 15) is 4.79 Å². The predicted molar refractivity (Wildman–Crippen MR) is 76.4 cm³/mol. The van der Waals surface area contributed by atoms with E-state index in [2.05, 4.69) is 15.5 Å². The van der Waals surface area contributed by atoms with Gasteiger partial charge in [-0.1, -0.05) is 30.7 Å². The number of hydrogen-bond donors (Lipinski definition) is 1. The molecule has 0 spiro atoms. The summed E-state index contributed by atoms with van der Waals surface area (Å²) in [6.07, 6.45) is 1.68. The van der Waals surface area contributed by atoms with E-state index in [-0.39, 0.29) is 5.91 Å². The molecular formula is C14H16ClN3O2. The van der Waals surface area contributed by atoms with Crippen LogP contribution in [0.4, 0.5) is 0 Å². The van der Waals surface area contributed by atoms with Crippen molar-refractivity contribution < 1.29 is 9.21 Å². The maximum atomic E-state index is 11.5. The van der Waals surface area contributed by atoms with Gasteiger partial charge in [0.15, 0.2) is 0 Å². The molecule has 0 radical (unpaired) electrons. The zero-order valence-corrected chi connectivity index (χ0v) is 12.0. The summed E-state index contributed by atoms with van der Waals surface area (Å²) < 4.78 is 5.52. The van der Waals surface area contributed by atoms with Crippen LogP contribution < -0.4 is 5.32 Å². The number of aromatic nitrogens is 2. The second-order valence-corrected chi connectivity index (χ2v) is 4.74. The maximum Gasteiger partial charge on any atom is 0.249 e. The van der Waals surface area contributed by atoms with Crippen molar-refractivity contribution in [2.45, 2.75) is 26.2 Å². The van der Waals surface area contributed by atoms with Gasteiger partial charge in [-0.25, -0.2) is 0 Å². The molecule has 0 aliphatic carbocycles. The number of nitrogens with zero attached hydrogens (tertiary/aromatic N) is 2. The Labute approximate surface area is 122 Å². The van der Waals surface area contributed by atoms with E-state index in [0.717, 1.165) is 6.42 Å². The minimum absolute atomic E-state index is 0.00987. The molecule has 6 heteroatoms. The van der Waals surface area contributed by atoms with Gasteiger partial charge in [0.25, 0.3) is 0 Å². The first-order valence-corrected chi connectivity index (χ1v) is 6.92. The molecular weight excluding hydrogens is 278 g/mol. The minimum atomic E-state index is -0.00987. The first-order chi connectivity index (χ1) is 9.70. The summed E-state index contributed by atoms with van der Waals surface area (Å²) in [6, 6.07) is 7.26. The summed E-state index contributed by atoms with van der Waals surface area (Å²) >= 11 is 6.06. The Hall–Kier alpha value is -1.88. The molecule has 2 aromatic rings. The fraction of sp³-hybridized carbons (Fsp3) is 0.357. The summed E-state index contributed by atoms with van der Waals surface area (Å²) in [5.74, 6) is 0.801. The smallest absolute Gasteiger partial charge is 0.249 e. The Balaban J connectivity index is 1.96. The zero-order chi connectivity index (χ0) is 14.4. The Morgan fingerprint density at radius 3 is 2.90 bits per heavy atom. The van der Waals surface area contributed by atoms with Crippen LogP contribution in [0.15, 0.2) is 28.7 Å². The molecule has 0 fully saturated rings. The van der Waals surface area contributed by atoms with Crippen molar-refractivity contribution in [1.82, 2.24) is 15.5 Å². The molecule has 1 aromatic heterocycles. The third kappa shape index (κ3) is 3.81. The second kappa shape index (κ2) is 7.05. The van der Waals surface area contributed by atoms with Crippen LogP contribution in [-0.2, 0) is 11.2 Å². The van der Waals surface area contributed by atoms with Crippen molar-refractivity contribution in [2.75, 3.05) is 6.54 Å². The van der Waals surface area contributed by atoms with Crippen LogP contribution in [0.3, 0.4) is 0 Å². The van der Waals surface area contributed by atoms with Crippen LogP contribution in [0.2, 0.25) is 5.02 Å². The summed E-state index contributed by atoms with van der Waals surface area (Å²) in [5.41, 5.74) is 0.698. The standard InChI is InChI=1S/C14H16ClN3O2/c1-2-9-16-12(19)7-8-13-17-18-14(20-13)10-5-3-4-6-11(10)15/h3-6H,2,7-9H2,1H3,(H,16,19). The van der Waals surface area contributed by atoms with Gasteiger partial charge in [0, 0.05) is 19.4 Å². The molecule has 0 aliphatic heterocycles. The summed E-state index contributed by atoms with van der Waals surface area (Å²) in [5, 5.41) is 11.2. The van der Waals surface area contributed by atoms with E-state index in [1.54, 1.807) is 6.07 Å². The lowest BCUT2D eigenvalue weighted by molar-refractivity contribution is -0.121. The molecule has 1 amide bonds. The number of hydrogen-bond acceptors (Lipinski definition) is 4. The first kappa shape index (κ1) is 14.5. The molecule has 0 saturated heterocycles. The zero-order valence-electron chi connectivity index (χ0n) is 11.2. The molecule has 1 heterocycles. The van der Waals surface area contributed by atoms with Gasteiger partial charge in [0.2, 0.25) is 17.7 Å². The third-order valence-electron chi connectivity index (χ3n) is 2.71. The highest BCUT2D eigenvalue weighted by Gasteiger charge is 2.12. The highest BCUT2D eigenvalue weighted by Crippen LogP contribution is 2.26. The van der Waals surface area contributed by atoms with Crippen LogP contribution in [0.5, 0.6) is 0 Å². The molecule has 20 heavy (non-hydrogen) atoms. The minimum Gasteiger partial charge on any atom is -0.421 e. The normalized spacial score (nSPS) is 10.5. The van der Waals surface area contributed by atoms with Crippen molar-refractivity contribution in [1.29, 1.82) is 0 Å². The number of nitrogens with one attached hydrogen (secondary N) is 1. The molecule has 0 bridgehead atoms. The van der Waals surface area contributed by atoms with E-state index in [4.69, 9.17) is 16.0 Å². The van der Waals surface area contributed by atoms with Crippen LogP contribution in [-0.4, -0.2) is 22.6 Å². The van der Waals surface area contributed by atoms with E-state index in [1.165, 1.54) is 0 Å². The van der Waals surface area contributed by atoms with E-state index in [1.807, 2.05) is 25.1 Å². The lowest BCUT2D eigenvalue weighted by atomic mass is 10.2. The van der Waals surface area contributed by atoms with Gasteiger partial charge in [-0.3, -0.25) is 4.79 Å². The molecule has 0 aliphatic rings. The number of carbonyl (C=O) groups excluding carboxylic acids is 1. The Kier molecular flexibility index (Phi) is 5.12. The monoisotopic (exact) mass is 293 g/mol. The van der Waals surface area contributed by atoms with Gasteiger partial charge in [-0.15, -0.1) is 10.2 Å². The highest BCUT2D eigenvalue weighted by molar-refractivity contribution is 6.33. The van der Waals surface area contributed by atoms with Crippen molar-refractivity contribution in [3.8, 4) is 11.5 Å². The molecule has 0 atom stereocenters.